The van der Waals surface area contributed by atoms with E-state index < -0.39 is 0 Å². The lowest BCUT2D eigenvalue weighted by Crippen LogP contribution is -2.55. The van der Waals surface area contributed by atoms with E-state index >= 15 is 0 Å². The lowest BCUT2D eigenvalue weighted by Gasteiger charge is -2.20. The van der Waals surface area contributed by atoms with Crippen molar-refractivity contribution >= 4 is 110 Å². The first-order valence-corrected chi connectivity index (χ1v) is 21.0. The highest BCUT2D eigenvalue weighted by atomic mass is 15.2. The fraction of sp³-hybridized carbons (Fsp3) is 0. The van der Waals surface area contributed by atoms with Crippen LogP contribution in [0.15, 0.2) is 170 Å². The van der Waals surface area contributed by atoms with Crippen molar-refractivity contribution in [2.75, 3.05) is 0 Å². The molecule has 5 nitrogen and oxygen atoms in total. The van der Waals surface area contributed by atoms with E-state index in [0.29, 0.717) is 17.6 Å². The third-order valence-electron chi connectivity index (χ3n) is 13.0. The van der Waals surface area contributed by atoms with Crippen LogP contribution in [-0.4, -0.2) is 63.3 Å². The summed E-state index contributed by atoms with van der Waals surface area (Å²) in [5.74, 6) is 1.88. The van der Waals surface area contributed by atoms with E-state index in [9.17, 15) is 0 Å². The fourth-order valence-electron chi connectivity index (χ4n) is 9.42. The summed E-state index contributed by atoms with van der Waals surface area (Å²) in [6.45, 7) is 0. The van der Waals surface area contributed by atoms with Gasteiger partial charge in [-0.05, 0) is 46.5 Å². The average molecular weight is 775 g/mol. The zero-order valence-electron chi connectivity index (χ0n) is 34.9. The van der Waals surface area contributed by atoms with E-state index in [1.807, 2.05) is 6.07 Å². The molecular weight excluding hydrogens is 737 g/mol. The predicted molar refractivity (Wildman–Crippen MR) is 271 cm³/mol. The van der Waals surface area contributed by atoms with E-state index in [4.69, 9.17) is 15.0 Å². The summed E-state index contributed by atoms with van der Waals surface area (Å²) in [5, 5.41) is 4.63. The molecule has 11 aromatic rings. The van der Waals surface area contributed by atoms with Crippen molar-refractivity contribution in [3.05, 3.63) is 170 Å². The Morgan fingerprint density at radius 2 is 0.787 bits per heavy atom. The van der Waals surface area contributed by atoms with Gasteiger partial charge in [-0.1, -0.05) is 157 Å². The Morgan fingerprint density at radius 3 is 1.41 bits per heavy atom. The Balaban J connectivity index is 1.25. The molecule has 0 saturated heterocycles. The molecule has 0 spiro atoms. The summed E-state index contributed by atoms with van der Waals surface area (Å²) in [7, 11) is 11.0. The van der Waals surface area contributed by atoms with Crippen molar-refractivity contribution in [1.82, 2.24) is 24.1 Å². The third-order valence-corrected chi connectivity index (χ3v) is 13.0. The van der Waals surface area contributed by atoms with E-state index in [1.165, 1.54) is 49.2 Å². The van der Waals surface area contributed by atoms with Gasteiger partial charge in [-0.2, -0.15) is 9.97 Å². The van der Waals surface area contributed by atoms with Crippen LogP contribution >= 0.6 is 0 Å². The monoisotopic (exact) mass is 775 g/mol. The maximum atomic E-state index is 5.52. The van der Waals surface area contributed by atoms with Crippen molar-refractivity contribution in [2.24, 2.45) is 0 Å². The van der Waals surface area contributed by atoms with Gasteiger partial charge in [0.1, 0.15) is 39.2 Å². The maximum Gasteiger partial charge on any atom is 0.238 e. The molecule has 10 heteroatoms. The molecule has 0 aliphatic heterocycles. The van der Waals surface area contributed by atoms with Crippen LogP contribution in [0.3, 0.4) is 0 Å². The van der Waals surface area contributed by atoms with Gasteiger partial charge in [-0.15, -0.1) is 16.4 Å². The first-order valence-electron chi connectivity index (χ1n) is 21.0. The van der Waals surface area contributed by atoms with E-state index in [0.717, 1.165) is 60.8 Å². The first kappa shape index (κ1) is 36.8. The lowest BCUT2D eigenvalue weighted by molar-refractivity contribution is 0.955. The molecule has 3 heterocycles. The lowest BCUT2D eigenvalue weighted by atomic mass is 9.60. The zero-order valence-corrected chi connectivity index (χ0v) is 34.9. The Kier molecular flexibility index (Phi) is 8.71. The molecule has 0 unspecified atom stereocenters. The molecule has 282 valence electrons. The number of aromatic nitrogens is 5. The Labute approximate surface area is 359 Å². The molecule has 0 fully saturated rings. The van der Waals surface area contributed by atoms with Gasteiger partial charge in [0.15, 0.2) is 11.6 Å². The largest absolute Gasteiger partial charge is 0.307 e. The van der Waals surface area contributed by atoms with Gasteiger partial charge in [0, 0.05) is 38.4 Å². The van der Waals surface area contributed by atoms with Crippen molar-refractivity contribution in [3.8, 4) is 56.7 Å². The van der Waals surface area contributed by atoms with Gasteiger partial charge in [0.05, 0.1) is 22.1 Å². The highest BCUT2D eigenvalue weighted by molar-refractivity contribution is 6.68. The second kappa shape index (κ2) is 14.5. The molecule has 8 aromatic carbocycles. The molecular formula is C51H38B5N5. The summed E-state index contributed by atoms with van der Waals surface area (Å²) in [6.07, 6.45) is 0. The smallest absolute Gasteiger partial charge is 0.238 e. The van der Waals surface area contributed by atoms with Gasteiger partial charge in [-0.3, -0.25) is 4.57 Å². The van der Waals surface area contributed by atoms with Crippen LogP contribution in [0.25, 0.3) is 100 Å². The van der Waals surface area contributed by atoms with Crippen LogP contribution in [0.5, 0.6) is 0 Å². The summed E-state index contributed by atoms with van der Waals surface area (Å²) >= 11 is 0. The highest BCUT2D eigenvalue weighted by Crippen LogP contribution is 2.42. The first-order chi connectivity index (χ1) is 29.9. The number of fused-ring (bicyclic) bond motifs is 7. The van der Waals surface area contributed by atoms with Crippen LogP contribution < -0.4 is 27.3 Å². The number of nitrogens with zero attached hydrogens (tertiary/aromatic N) is 5. The molecule has 0 bridgehead atoms. The van der Waals surface area contributed by atoms with Gasteiger partial charge in [0.25, 0.3) is 0 Å². The van der Waals surface area contributed by atoms with E-state index in [2.05, 4.69) is 212 Å². The summed E-state index contributed by atoms with van der Waals surface area (Å²) < 4.78 is 4.72. The summed E-state index contributed by atoms with van der Waals surface area (Å²) in [4.78, 5) is 16.3. The van der Waals surface area contributed by atoms with Crippen LogP contribution in [0, 0.1) is 0 Å². The number of hydrogen-bond acceptors (Lipinski definition) is 3. The Morgan fingerprint density at radius 1 is 0.328 bits per heavy atom. The minimum Gasteiger partial charge on any atom is -0.307 e. The standard InChI is InChI=1S/C51H38B5N5/c52-42-41(43(53)45(55)46(56)44(42)54)50-57-49(32-24-22-31(23-25-32)29-12-3-1-4-13-29)58-51(59-50)61-40-21-10-8-19-36(40)38-27-26-37-35-18-7-9-20-39(35)60(47(37)48(38)61)34-17-11-16-33(28-34)30-14-5-2-6-15-30/h1-28H,52-56H2. The van der Waals surface area contributed by atoms with Crippen LogP contribution in [0.1, 0.15) is 0 Å². The maximum absolute atomic E-state index is 5.52. The predicted octanol–water partition coefficient (Wildman–Crippen LogP) is 4.03. The van der Waals surface area contributed by atoms with Crippen molar-refractivity contribution < 1.29 is 0 Å². The average Bonchev–Trinajstić information content (AvgIpc) is 3.84. The van der Waals surface area contributed by atoms with Crippen LogP contribution in [-0.2, 0) is 0 Å². The molecule has 0 saturated carbocycles. The van der Waals surface area contributed by atoms with Gasteiger partial charge in [-0.25, -0.2) is 4.98 Å². The minimum absolute atomic E-state index is 0.579. The topological polar surface area (TPSA) is 48.5 Å². The molecule has 0 N–H and O–H groups in total. The van der Waals surface area contributed by atoms with Crippen LogP contribution in [0.4, 0.5) is 0 Å². The van der Waals surface area contributed by atoms with Crippen LogP contribution in [0.2, 0.25) is 0 Å². The molecule has 0 aliphatic carbocycles. The molecule has 0 amide bonds. The molecule has 0 atom stereocenters. The number of hydrogen-bond donors (Lipinski definition) is 0. The van der Waals surface area contributed by atoms with Crippen molar-refractivity contribution in [3.63, 3.8) is 0 Å². The normalized spacial score (nSPS) is 11.6. The molecule has 61 heavy (non-hydrogen) atoms. The van der Waals surface area contributed by atoms with Gasteiger partial charge in [0.2, 0.25) is 5.95 Å². The Hall–Kier alpha value is -7.31. The quantitative estimate of drug-likeness (QED) is 0.240. The summed E-state index contributed by atoms with van der Waals surface area (Å²) in [5.41, 5.74) is 18.2. The highest BCUT2D eigenvalue weighted by Gasteiger charge is 2.25. The molecule has 3 aromatic heterocycles. The second-order valence-corrected chi connectivity index (χ2v) is 16.2. The third kappa shape index (κ3) is 5.89. The van der Waals surface area contributed by atoms with Crippen molar-refractivity contribution in [2.45, 2.75) is 0 Å². The summed E-state index contributed by atoms with van der Waals surface area (Å²) in [6, 6.07) is 60.5. The van der Waals surface area contributed by atoms with Crippen molar-refractivity contribution in [1.29, 1.82) is 0 Å². The van der Waals surface area contributed by atoms with E-state index in [-0.39, 0.29) is 0 Å². The van der Waals surface area contributed by atoms with Gasteiger partial charge < -0.3 is 4.57 Å². The number of rotatable bonds is 6. The zero-order chi connectivity index (χ0) is 41.4. The number of benzene rings is 8. The molecule has 11 rings (SSSR count). The Bertz CT molecular complexity index is 3500. The number of para-hydroxylation sites is 2. The SMILES string of the molecule is Bc1c(B)c(B)c(-c2nc(-c3ccc(-c4ccccc4)cc3)nc(-n3c4ccccc4c4ccc5c6ccccc6n(-c6cccc(-c7ccccc7)c6)c5c43)n2)c(B)c1B. The molecule has 0 aliphatic rings. The van der Waals surface area contributed by atoms with E-state index in [1.54, 1.807) is 0 Å². The fourth-order valence-corrected chi connectivity index (χ4v) is 9.42. The van der Waals surface area contributed by atoms with Gasteiger partial charge >= 0.3 is 0 Å². The second-order valence-electron chi connectivity index (χ2n) is 16.2. The minimum atomic E-state index is 0.579. The molecule has 0 radical (unpaired) electrons.